The molecule has 0 N–H and O–H groups in total. The van der Waals surface area contributed by atoms with Crippen LogP contribution in [0.3, 0.4) is 0 Å². The van der Waals surface area contributed by atoms with Crippen molar-refractivity contribution in [1.29, 1.82) is 0 Å². The van der Waals surface area contributed by atoms with Gasteiger partial charge in [0.15, 0.2) is 0 Å². The molecule has 0 atom stereocenters. The molecule has 1 aromatic heterocycles. The van der Waals surface area contributed by atoms with Crippen LogP contribution in [0.5, 0.6) is 0 Å². The van der Waals surface area contributed by atoms with Crippen molar-refractivity contribution in [3.8, 4) is 0 Å². The minimum Gasteiger partial charge on any atom is -0.285 e. The molecule has 0 aliphatic rings. The highest BCUT2D eigenvalue weighted by molar-refractivity contribution is 5.86. The molecule has 2 heteroatoms. The topological polar surface area (TPSA) is 30.0 Å². The number of hydrogen-bond donors (Lipinski definition) is 0. The predicted octanol–water partition coefficient (Wildman–Crippen LogP) is 2.00. The van der Waals surface area contributed by atoms with Crippen molar-refractivity contribution in [3.63, 3.8) is 0 Å². The van der Waals surface area contributed by atoms with E-state index in [1.807, 2.05) is 31.4 Å². The molecule has 2 rings (SSSR count). The van der Waals surface area contributed by atoms with Gasteiger partial charge in [-0.25, -0.2) is 0 Å². The smallest absolute Gasteiger partial charge is 0.233 e. The van der Waals surface area contributed by atoms with Gasteiger partial charge in [-0.3, -0.25) is 9.78 Å². The summed E-state index contributed by atoms with van der Waals surface area (Å²) in [6.45, 7) is 1.94. The van der Waals surface area contributed by atoms with E-state index in [9.17, 15) is 4.79 Å². The van der Waals surface area contributed by atoms with Crippen LogP contribution in [-0.2, 0) is 4.79 Å². The fraction of sp³-hybridized carbons (Fsp3) is 0.0909. The van der Waals surface area contributed by atoms with Crippen LogP contribution in [0, 0.1) is 6.92 Å². The largest absolute Gasteiger partial charge is 0.285 e. The van der Waals surface area contributed by atoms with Gasteiger partial charge in [-0.15, -0.1) is 0 Å². The zero-order chi connectivity index (χ0) is 9.26. The Morgan fingerprint density at radius 3 is 2.85 bits per heavy atom. The SMILES string of the molecule is Cc1ccc2cc([C]=O)ccc2n1. The van der Waals surface area contributed by atoms with Gasteiger partial charge >= 0.3 is 0 Å². The fourth-order valence-electron chi connectivity index (χ4n) is 1.29. The first-order valence-electron chi connectivity index (χ1n) is 4.05. The molecule has 0 aliphatic carbocycles. The highest BCUT2D eigenvalue weighted by atomic mass is 16.1. The maximum atomic E-state index is 10.4. The van der Waals surface area contributed by atoms with Crippen LogP contribution in [0.2, 0.25) is 0 Å². The van der Waals surface area contributed by atoms with E-state index in [0.717, 1.165) is 16.6 Å². The summed E-state index contributed by atoms with van der Waals surface area (Å²) in [5.74, 6) is 0. The molecule has 13 heavy (non-hydrogen) atoms. The fourth-order valence-corrected chi connectivity index (χ4v) is 1.29. The van der Waals surface area contributed by atoms with Gasteiger partial charge < -0.3 is 0 Å². The van der Waals surface area contributed by atoms with Gasteiger partial charge in [-0.1, -0.05) is 6.07 Å². The number of aryl methyl sites for hydroxylation is 1. The monoisotopic (exact) mass is 170 g/mol. The lowest BCUT2D eigenvalue weighted by atomic mass is 10.1. The molecule has 63 valence electrons. The summed E-state index contributed by atoms with van der Waals surface area (Å²) in [7, 11) is 0. The summed E-state index contributed by atoms with van der Waals surface area (Å²) in [5.41, 5.74) is 2.47. The van der Waals surface area contributed by atoms with Crippen LogP contribution in [0.25, 0.3) is 10.9 Å². The van der Waals surface area contributed by atoms with E-state index in [1.54, 1.807) is 12.1 Å². The first-order chi connectivity index (χ1) is 6.29. The maximum absolute atomic E-state index is 10.4. The third-order valence-electron chi connectivity index (χ3n) is 1.95. The Bertz CT molecular complexity index is 463. The van der Waals surface area contributed by atoms with Gasteiger partial charge in [-0.2, -0.15) is 0 Å². The minimum absolute atomic E-state index is 0.568. The molecule has 0 saturated heterocycles. The second-order valence-electron chi connectivity index (χ2n) is 2.96. The molecular formula is C11H8NO. The highest BCUT2D eigenvalue weighted by Gasteiger charge is 1.96. The van der Waals surface area contributed by atoms with Gasteiger partial charge in [0.1, 0.15) is 0 Å². The molecule has 2 aromatic rings. The molecule has 2 nitrogen and oxygen atoms in total. The van der Waals surface area contributed by atoms with Crippen molar-refractivity contribution in [2.75, 3.05) is 0 Å². The van der Waals surface area contributed by atoms with Crippen LogP contribution >= 0.6 is 0 Å². The van der Waals surface area contributed by atoms with Crippen LogP contribution in [0.1, 0.15) is 11.3 Å². The first-order valence-corrected chi connectivity index (χ1v) is 4.05. The molecule has 0 saturated carbocycles. The van der Waals surface area contributed by atoms with Crippen molar-refractivity contribution in [2.24, 2.45) is 0 Å². The van der Waals surface area contributed by atoms with Crippen molar-refractivity contribution >= 4 is 17.2 Å². The molecule has 0 spiro atoms. The Hall–Kier alpha value is -1.70. The van der Waals surface area contributed by atoms with Gasteiger partial charge in [0.2, 0.25) is 6.29 Å². The number of benzene rings is 1. The normalized spacial score (nSPS) is 10.2. The van der Waals surface area contributed by atoms with Crippen molar-refractivity contribution in [2.45, 2.75) is 6.92 Å². The van der Waals surface area contributed by atoms with Crippen LogP contribution < -0.4 is 0 Å². The van der Waals surface area contributed by atoms with Crippen molar-refractivity contribution in [3.05, 3.63) is 41.6 Å². The lowest BCUT2D eigenvalue weighted by Gasteiger charge is -1.98. The lowest BCUT2D eigenvalue weighted by molar-refractivity contribution is 0.563. The summed E-state index contributed by atoms with van der Waals surface area (Å²) < 4.78 is 0. The molecule has 0 aliphatic heterocycles. The molecule has 0 amide bonds. The van der Waals surface area contributed by atoms with Crippen molar-refractivity contribution in [1.82, 2.24) is 4.98 Å². The average molecular weight is 170 g/mol. The maximum Gasteiger partial charge on any atom is 0.233 e. The second-order valence-corrected chi connectivity index (χ2v) is 2.96. The van der Waals surface area contributed by atoms with E-state index in [-0.39, 0.29) is 0 Å². The Labute approximate surface area is 76.2 Å². The lowest BCUT2D eigenvalue weighted by Crippen LogP contribution is -1.85. The van der Waals surface area contributed by atoms with Gasteiger partial charge in [0.05, 0.1) is 5.52 Å². The third-order valence-corrected chi connectivity index (χ3v) is 1.95. The average Bonchev–Trinajstić information content (AvgIpc) is 2.17. The van der Waals surface area contributed by atoms with E-state index in [0.29, 0.717) is 5.56 Å². The third kappa shape index (κ3) is 1.43. The second kappa shape index (κ2) is 2.98. The summed E-state index contributed by atoms with van der Waals surface area (Å²) in [6.07, 6.45) is 1.86. The van der Waals surface area contributed by atoms with Gasteiger partial charge in [0.25, 0.3) is 0 Å². The Kier molecular flexibility index (Phi) is 1.81. The molecule has 0 bridgehead atoms. The molecule has 0 unspecified atom stereocenters. The standard InChI is InChI=1S/C11H8NO/c1-8-2-4-10-6-9(7-13)3-5-11(10)12-8/h2-6H,1H3. The van der Waals surface area contributed by atoms with E-state index in [1.165, 1.54) is 0 Å². The highest BCUT2D eigenvalue weighted by Crippen LogP contribution is 2.13. The number of hydrogen-bond acceptors (Lipinski definition) is 2. The number of carbonyl (C=O) groups excluding carboxylic acids is 1. The summed E-state index contributed by atoms with van der Waals surface area (Å²) >= 11 is 0. The van der Waals surface area contributed by atoms with Gasteiger partial charge in [0, 0.05) is 16.6 Å². The number of fused-ring (bicyclic) bond motifs is 1. The minimum atomic E-state index is 0.568. The van der Waals surface area contributed by atoms with Crippen LogP contribution in [0.15, 0.2) is 30.3 Å². The summed E-state index contributed by atoms with van der Waals surface area (Å²) in [6, 6.07) is 9.23. The first kappa shape index (κ1) is 7.92. The van der Waals surface area contributed by atoms with Crippen LogP contribution in [0.4, 0.5) is 0 Å². The molecule has 1 heterocycles. The molecule has 0 fully saturated rings. The Morgan fingerprint density at radius 2 is 2.08 bits per heavy atom. The molecular weight excluding hydrogens is 162 g/mol. The quantitative estimate of drug-likeness (QED) is 0.655. The zero-order valence-corrected chi connectivity index (χ0v) is 7.24. The Morgan fingerprint density at radius 1 is 1.23 bits per heavy atom. The number of rotatable bonds is 1. The number of nitrogens with zero attached hydrogens (tertiary/aromatic N) is 1. The van der Waals surface area contributed by atoms with E-state index in [2.05, 4.69) is 4.98 Å². The van der Waals surface area contributed by atoms with Crippen LogP contribution in [-0.4, -0.2) is 11.3 Å². The van der Waals surface area contributed by atoms with E-state index >= 15 is 0 Å². The van der Waals surface area contributed by atoms with Crippen molar-refractivity contribution < 1.29 is 4.79 Å². The number of pyridine rings is 1. The number of aromatic nitrogens is 1. The summed E-state index contributed by atoms with van der Waals surface area (Å²) in [4.78, 5) is 14.7. The van der Waals surface area contributed by atoms with Gasteiger partial charge in [-0.05, 0) is 31.2 Å². The van der Waals surface area contributed by atoms with E-state index in [4.69, 9.17) is 0 Å². The summed E-state index contributed by atoms with van der Waals surface area (Å²) in [5, 5.41) is 0.978. The zero-order valence-electron chi connectivity index (χ0n) is 7.24. The van der Waals surface area contributed by atoms with E-state index < -0.39 is 0 Å². The molecule has 1 aromatic carbocycles. The predicted molar refractivity (Wildman–Crippen MR) is 51.3 cm³/mol. The molecule has 1 radical (unpaired) electrons. The Balaban J connectivity index is 2.73.